The van der Waals surface area contributed by atoms with Gasteiger partial charge < -0.3 is 15.5 Å². The average molecular weight is 379 g/mol. The Kier molecular flexibility index (Phi) is 6.92. The summed E-state index contributed by atoms with van der Waals surface area (Å²) < 4.78 is 13.1. The minimum absolute atomic E-state index is 0.235. The first-order chi connectivity index (χ1) is 13.6. The molecule has 0 atom stereocenters. The highest BCUT2D eigenvalue weighted by molar-refractivity contribution is 5.61. The van der Waals surface area contributed by atoms with E-state index in [2.05, 4.69) is 39.6 Å². The first kappa shape index (κ1) is 19.8. The summed E-state index contributed by atoms with van der Waals surface area (Å²) in [6.45, 7) is 2.41. The maximum Gasteiger partial charge on any atom is 0.163 e. The highest BCUT2D eigenvalue weighted by Gasteiger charge is 2.07. The van der Waals surface area contributed by atoms with Crippen LogP contribution in [-0.2, 0) is 6.54 Å². The molecule has 5 nitrogen and oxygen atoms in total. The minimum Gasteiger partial charge on any atom is -0.370 e. The largest absolute Gasteiger partial charge is 0.370 e. The molecule has 1 heterocycles. The number of anilines is 2. The number of hydrogen-bond acceptors (Lipinski definition) is 5. The van der Waals surface area contributed by atoms with Crippen molar-refractivity contribution >= 4 is 11.6 Å². The van der Waals surface area contributed by atoms with Crippen LogP contribution in [-0.4, -0.2) is 42.1 Å². The van der Waals surface area contributed by atoms with Gasteiger partial charge in [-0.1, -0.05) is 42.5 Å². The third-order valence-corrected chi connectivity index (χ3v) is 4.23. The molecule has 2 N–H and O–H groups in total. The molecule has 0 aliphatic carbocycles. The Hall–Kier alpha value is -2.99. The predicted molar refractivity (Wildman–Crippen MR) is 113 cm³/mol. The lowest BCUT2D eigenvalue weighted by atomic mass is 10.2. The van der Waals surface area contributed by atoms with Crippen molar-refractivity contribution in [2.75, 3.05) is 37.8 Å². The minimum atomic E-state index is -0.235. The number of benzene rings is 2. The van der Waals surface area contributed by atoms with Crippen LogP contribution >= 0.6 is 0 Å². The van der Waals surface area contributed by atoms with Gasteiger partial charge in [0.1, 0.15) is 17.5 Å². The van der Waals surface area contributed by atoms with Crippen LogP contribution in [0, 0.1) is 5.82 Å². The van der Waals surface area contributed by atoms with Crippen molar-refractivity contribution < 1.29 is 4.39 Å². The second kappa shape index (κ2) is 9.80. The van der Waals surface area contributed by atoms with Crippen molar-refractivity contribution in [3.8, 4) is 11.4 Å². The van der Waals surface area contributed by atoms with Crippen molar-refractivity contribution in [2.45, 2.75) is 13.0 Å². The fourth-order valence-corrected chi connectivity index (χ4v) is 2.75. The summed E-state index contributed by atoms with van der Waals surface area (Å²) in [5, 5.41) is 6.71. The normalized spacial score (nSPS) is 10.9. The molecule has 0 amide bonds. The monoisotopic (exact) mass is 379 g/mol. The van der Waals surface area contributed by atoms with Gasteiger partial charge in [-0.3, -0.25) is 0 Å². The molecule has 0 saturated carbocycles. The van der Waals surface area contributed by atoms with E-state index in [9.17, 15) is 4.39 Å². The van der Waals surface area contributed by atoms with Crippen LogP contribution < -0.4 is 10.6 Å². The summed E-state index contributed by atoms with van der Waals surface area (Å²) in [6.07, 6.45) is 1.02. The van der Waals surface area contributed by atoms with Crippen molar-refractivity contribution in [1.82, 2.24) is 14.9 Å². The van der Waals surface area contributed by atoms with Crippen LogP contribution in [0.2, 0.25) is 0 Å². The zero-order chi connectivity index (χ0) is 19.8. The topological polar surface area (TPSA) is 53.1 Å². The van der Waals surface area contributed by atoms with Gasteiger partial charge in [-0.15, -0.1) is 0 Å². The molecule has 3 aromatic rings. The van der Waals surface area contributed by atoms with Crippen LogP contribution in [0.3, 0.4) is 0 Å². The van der Waals surface area contributed by atoms with E-state index in [4.69, 9.17) is 0 Å². The Labute approximate surface area is 165 Å². The Morgan fingerprint density at radius 3 is 2.25 bits per heavy atom. The molecule has 6 heteroatoms. The lowest BCUT2D eigenvalue weighted by molar-refractivity contribution is 0.405. The van der Waals surface area contributed by atoms with Crippen LogP contribution in [0.1, 0.15) is 12.0 Å². The van der Waals surface area contributed by atoms with Gasteiger partial charge >= 0.3 is 0 Å². The third kappa shape index (κ3) is 6.03. The molecular formula is C22H26FN5. The van der Waals surface area contributed by atoms with Crippen molar-refractivity contribution in [3.63, 3.8) is 0 Å². The first-order valence-electron chi connectivity index (χ1n) is 9.41. The van der Waals surface area contributed by atoms with E-state index in [0.717, 1.165) is 42.3 Å². The van der Waals surface area contributed by atoms with E-state index in [1.54, 1.807) is 12.1 Å². The molecule has 146 valence electrons. The number of halogens is 1. The van der Waals surface area contributed by atoms with Gasteiger partial charge in [0.2, 0.25) is 0 Å². The number of aromatic nitrogens is 2. The Morgan fingerprint density at radius 2 is 1.57 bits per heavy atom. The highest BCUT2D eigenvalue weighted by Crippen LogP contribution is 2.20. The van der Waals surface area contributed by atoms with Crippen LogP contribution in [0.5, 0.6) is 0 Å². The standard InChI is InChI=1S/C22H26FN5/c1-28(2)14-6-13-24-20-15-21(25-16-17-9-11-19(23)12-10-17)27-22(26-20)18-7-4-3-5-8-18/h3-5,7-12,15H,6,13-14,16H2,1-2H3,(H2,24,25,26,27). The zero-order valence-corrected chi connectivity index (χ0v) is 16.3. The molecular weight excluding hydrogens is 353 g/mol. The summed E-state index contributed by atoms with van der Waals surface area (Å²) in [7, 11) is 4.13. The molecule has 0 saturated heterocycles. The number of nitrogens with zero attached hydrogens (tertiary/aromatic N) is 3. The molecule has 0 aliphatic rings. The average Bonchev–Trinajstić information content (AvgIpc) is 2.71. The van der Waals surface area contributed by atoms with Gasteiger partial charge in [-0.2, -0.15) is 0 Å². The van der Waals surface area contributed by atoms with E-state index in [1.165, 1.54) is 12.1 Å². The van der Waals surface area contributed by atoms with Gasteiger partial charge in [-0.25, -0.2) is 14.4 Å². The lowest BCUT2D eigenvalue weighted by Crippen LogP contribution is -2.17. The van der Waals surface area contributed by atoms with Gasteiger partial charge in [0.25, 0.3) is 0 Å². The summed E-state index contributed by atoms with van der Waals surface area (Å²) in [5.74, 6) is 1.95. The molecule has 0 fully saturated rings. The summed E-state index contributed by atoms with van der Waals surface area (Å²) in [5.41, 5.74) is 1.95. The van der Waals surface area contributed by atoms with Crippen molar-refractivity contribution in [2.24, 2.45) is 0 Å². The van der Waals surface area contributed by atoms with E-state index in [-0.39, 0.29) is 5.82 Å². The molecule has 0 aliphatic heterocycles. The zero-order valence-electron chi connectivity index (χ0n) is 16.3. The van der Waals surface area contributed by atoms with E-state index in [0.29, 0.717) is 12.4 Å². The maximum atomic E-state index is 13.1. The molecule has 0 bridgehead atoms. The second-order valence-electron chi connectivity index (χ2n) is 6.89. The van der Waals surface area contributed by atoms with E-state index >= 15 is 0 Å². The van der Waals surface area contributed by atoms with Gasteiger partial charge in [0.15, 0.2) is 5.82 Å². The van der Waals surface area contributed by atoms with Crippen LogP contribution in [0.15, 0.2) is 60.7 Å². The Balaban J connectivity index is 1.75. The van der Waals surface area contributed by atoms with Crippen LogP contribution in [0.25, 0.3) is 11.4 Å². The highest BCUT2D eigenvalue weighted by atomic mass is 19.1. The fraction of sp³-hybridized carbons (Fsp3) is 0.273. The first-order valence-corrected chi connectivity index (χ1v) is 9.41. The van der Waals surface area contributed by atoms with Gasteiger partial charge in [-0.05, 0) is 44.8 Å². The molecule has 1 aromatic heterocycles. The SMILES string of the molecule is CN(C)CCCNc1cc(NCc2ccc(F)cc2)nc(-c2ccccc2)n1. The third-order valence-electron chi connectivity index (χ3n) is 4.23. The Bertz CT molecular complexity index is 866. The summed E-state index contributed by atoms with van der Waals surface area (Å²) in [4.78, 5) is 11.5. The van der Waals surface area contributed by atoms with E-state index < -0.39 is 0 Å². The predicted octanol–water partition coefficient (Wildman–Crippen LogP) is 4.26. The van der Waals surface area contributed by atoms with Crippen molar-refractivity contribution in [1.29, 1.82) is 0 Å². The molecule has 0 radical (unpaired) electrons. The second-order valence-corrected chi connectivity index (χ2v) is 6.89. The summed E-state index contributed by atoms with van der Waals surface area (Å²) in [6, 6.07) is 18.3. The Morgan fingerprint density at radius 1 is 0.893 bits per heavy atom. The number of hydrogen-bond donors (Lipinski definition) is 2. The fourth-order valence-electron chi connectivity index (χ4n) is 2.75. The quantitative estimate of drug-likeness (QED) is 0.544. The van der Waals surface area contributed by atoms with E-state index in [1.807, 2.05) is 36.4 Å². The number of rotatable bonds is 9. The lowest BCUT2D eigenvalue weighted by Gasteiger charge is -2.13. The molecule has 0 spiro atoms. The molecule has 3 rings (SSSR count). The van der Waals surface area contributed by atoms with Gasteiger partial charge in [0, 0.05) is 24.7 Å². The molecule has 0 unspecified atom stereocenters. The number of nitrogens with one attached hydrogen (secondary N) is 2. The smallest absolute Gasteiger partial charge is 0.163 e. The van der Waals surface area contributed by atoms with Crippen molar-refractivity contribution in [3.05, 3.63) is 72.0 Å². The van der Waals surface area contributed by atoms with Gasteiger partial charge in [0.05, 0.1) is 0 Å². The van der Waals surface area contributed by atoms with Crippen LogP contribution in [0.4, 0.5) is 16.0 Å². The maximum absolute atomic E-state index is 13.1. The molecule has 2 aromatic carbocycles. The molecule has 28 heavy (non-hydrogen) atoms. The summed E-state index contributed by atoms with van der Waals surface area (Å²) >= 11 is 0.